The van der Waals surface area contributed by atoms with Crippen LogP contribution in [0.5, 0.6) is 17.2 Å². The molecule has 56 heavy (non-hydrogen) atoms. The number of aliphatic hydroxyl groups is 3. The van der Waals surface area contributed by atoms with Crippen molar-refractivity contribution in [1.29, 1.82) is 0 Å². The largest absolute Gasteiger partial charge is 0.507 e. The number of alkyl carbamates (subject to hydrolysis) is 1. The number of Topliss-reactive ketones (excluding diaryl/α,β-unsaturated/α-hetero) is 1. The Balaban J connectivity index is 1.28. The van der Waals surface area contributed by atoms with Gasteiger partial charge in [-0.25, -0.2) is 4.79 Å². The van der Waals surface area contributed by atoms with Gasteiger partial charge in [-0.05, 0) is 31.9 Å². The maximum absolute atomic E-state index is 13.5. The monoisotopic (exact) mass is 823 g/mol. The molecular weight excluding hydrogens is 775 g/mol. The van der Waals surface area contributed by atoms with E-state index in [0.29, 0.717) is 12.2 Å². The molecule has 1 saturated heterocycles. The van der Waals surface area contributed by atoms with E-state index in [1.54, 1.807) is 28.5 Å². The van der Waals surface area contributed by atoms with Crippen molar-refractivity contribution in [3.63, 3.8) is 0 Å². The molecule has 4 rings (SSSR count). The van der Waals surface area contributed by atoms with Crippen LogP contribution in [0.2, 0.25) is 0 Å². The minimum atomic E-state index is -2.38. The summed E-state index contributed by atoms with van der Waals surface area (Å²) in [7, 11) is 4.53. The summed E-state index contributed by atoms with van der Waals surface area (Å²) in [6.45, 7) is 0.274. The lowest BCUT2D eigenvalue weighted by Gasteiger charge is -2.38. The van der Waals surface area contributed by atoms with Crippen molar-refractivity contribution < 1.29 is 73.6 Å². The summed E-state index contributed by atoms with van der Waals surface area (Å²) in [5.74, 6) is -3.22. The summed E-state index contributed by atoms with van der Waals surface area (Å²) in [4.78, 5) is 62.8. The van der Waals surface area contributed by atoms with Crippen LogP contribution in [0.3, 0.4) is 0 Å². The van der Waals surface area contributed by atoms with Crippen LogP contribution >= 0.6 is 21.6 Å². The molecule has 2 aliphatic rings. The number of aliphatic hydroxyl groups excluding tert-OH is 2. The number of aromatic hydroxyl groups is 2. The average molecular weight is 824 g/mol. The van der Waals surface area contributed by atoms with Gasteiger partial charge in [-0.2, -0.15) is 0 Å². The summed E-state index contributed by atoms with van der Waals surface area (Å²) < 4.78 is 22.0. The minimum absolute atomic E-state index is 0.0181. The molecule has 0 bridgehead atoms. The van der Waals surface area contributed by atoms with Gasteiger partial charge >= 0.3 is 12.1 Å². The quantitative estimate of drug-likeness (QED) is 0.0435. The molecule has 18 heteroatoms. The fourth-order valence-corrected chi connectivity index (χ4v) is 8.55. The van der Waals surface area contributed by atoms with Crippen molar-refractivity contribution in [1.82, 2.24) is 5.32 Å². The van der Waals surface area contributed by atoms with Crippen LogP contribution in [0.4, 0.5) is 4.79 Å². The molecule has 2 aromatic carbocycles. The van der Waals surface area contributed by atoms with Gasteiger partial charge in [0.1, 0.15) is 42.2 Å². The Hall–Kier alpha value is -3.91. The second-order valence-electron chi connectivity index (χ2n) is 13.5. The normalized spacial score (nSPS) is 20.1. The van der Waals surface area contributed by atoms with Crippen LogP contribution in [-0.4, -0.2) is 129 Å². The van der Waals surface area contributed by atoms with Gasteiger partial charge in [0, 0.05) is 48.3 Å². The number of benzene rings is 2. The third-order valence-corrected chi connectivity index (χ3v) is 12.1. The summed E-state index contributed by atoms with van der Waals surface area (Å²) in [6.07, 6.45) is 0.0197. The number of methoxy groups -OCH3 is 1. The first-order chi connectivity index (χ1) is 26.7. The smallest absolute Gasteiger partial charge is 0.407 e. The van der Waals surface area contributed by atoms with Crippen LogP contribution in [0.25, 0.3) is 0 Å². The number of hydrogen-bond acceptors (Lipinski definition) is 16. The topological polar surface area (TPSA) is 256 Å². The van der Waals surface area contributed by atoms with E-state index in [1.807, 2.05) is 0 Å². The van der Waals surface area contributed by atoms with E-state index in [0.717, 1.165) is 37.5 Å². The number of hydrogen-bond donors (Lipinski definition) is 7. The van der Waals surface area contributed by atoms with Crippen LogP contribution in [0.1, 0.15) is 95.7 Å². The number of amides is 1. The molecule has 1 heterocycles. The Morgan fingerprint density at radius 2 is 1.70 bits per heavy atom. The maximum Gasteiger partial charge on any atom is 0.407 e. The van der Waals surface area contributed by atoms with Gasteiger partial charge in [0.25, 0.3) is 0 Å². The van der Waals surface area contributed by atoms with Gasteiger partial charge in [-0.15, -0.1) is 0 Å². The van der Waals surface area contributed by atoms with Crippen molar-refractivity contribution in [2.75, 3.05) is 38.4 Å². The molecule has 0 saturated carbocycles. The van der Waals surface area contributed by atoms with Gasteiger partial charge < -0.3 is 54.9 Å². The maximum atomic E-state index is 13.5. The lowest BCUT2D eigenvalue weighted by atomic mass is 9.79. The van der Waals surface area contributed by atoms with E-state index in [2.05, 4.69) is 5.32 Å². The molecule has 0 radical (unpaired) electrons. The first-order valence-corrected chi connectivity index (χ1v) is 20.8. The van der Waals surface area contributed by atoms with Crippen molar-refractivity contribution in [2.24, 2.45) is 0 Å². The number of carboxylic acids is 1. The van der Waals surface area contributed by atoms with Crippen LogP contribution in [0.15, 0.2) is 24.3 Å². The summed E-state index contributed by atoms with van der Waals surface area (Å²) >= 11 is 0. The SMILES string of the molecule is COc1cccc2c1C(=O)c1c(O)cc(C[C@](O)(CCO[C@H]3C[C@H](NC(=O)OCCSSCCCCCCCC(=O)O)[C@H](O)[C@H](C)O3)C(=O)CO)c(O)c1C2=O. The van der Waals surface area contributed by atoms with Gasteiger partial charge in [-0.3, -0.25) is 19.2 Å². The first-order valence-electron chi connectivity index (χ1n) is 18.3. The predicted molar refractivity (Wildman–Crippen MR) is 204 cm³/mol. The van der Waals surface area contributed by atoms with Gasteiger partial charge in [0.05, 0.1) is 42.6 Å². The highest BCUT2D eigenvalue weighted by Gasteiger charge is 2.42. The number of ketones is 3. The lowest BCUT2D eigenvalue weighted by molar-refractivity contribution is -0.227. The molecule has 16 nitrogen and oxygen atoms in total. The Kier molecular flexibility index (Phi) is 16.8. The Morgan fingerprint density at radius 3 is 2.41 bits per heavy atom. The molecule has 1 aliphatic carbocycles. The number of fused-ring (bicyclic) bond motifs is 2. The predicted octanol–water partition coefficient (Wildman–Crippen LogP) is 3.52. The summed E-state index contributed by atoms with van der Waals surface area (Å²) in [6, 6.07) is 4.46. The van der Waals surface area contributed by atoms with E-state index in [9.17, 15) is 49.5 Å². The van der Waals surface area contributed by atoms with Crippen molar-refractivity contribution in [3.8, 4) is 17.2 Å². The van der Waals surface area contributed by atoms with Crippen LogP contribution in [0, 0.1) is 0 Å². The van der Waals surface area contributed by atoms with E-state index >= 15 is 0 Å². The fourth-order valence-electron chi connectivity index (χ4n) is 6.58. The van der Waals surface area contributed by atoms with Crippen molar-refractivity contribution in [2.45, 2.75) is 94.9 Å². The molecule has 0 unspecified atom stereocenters. The molecule has 0 aromatic heterocycles. The summed E-state index contributed by atoms with van der Waals surface area (Å²) in [5, 5.41) is 65.3. The third kappa shape index (κ3) is 11.4. The molecule has 1 amide bonds. The zero-order chi connectivity index (χ0) is 41.0. The molecule has 7 N–H and O–H groups in total. The third-order valence-electron chi connectivity index (χ3n) is 9.61. The number of carbonyl (C=O) groups excluding carboxylic acids is 4. The number of carboxylic acid groups (broad SMARTS) is 1. The molecular formula is C38H49NO15S2. The van der Waals surface area contributed by atoms with Gasteiger partial charge in [-0.1, -0.05) is 53.0 Å². The standard InChI is InChI=1S/C38H49NO15S2/c1-21-33(45)24(39-37(49)53-14-16-56-55-15-7-5-3-4-6-11-28(43)44)18-29(54-21)52-13-12-38(50,27(42)20-40)19-22-17-25(41)31-32(34(22)46)35(47)23-9-8-10-26(51-2)30(23)36(31)48/h8-10,17,21,24,29,33,40-41,45-46,50H,3-7,11-16,18-20H2,1-2H3,(H,39,49)(H,43,44)/t21-,24-,29+,33+,38+/m0/s1. The van der Waals surface area contributed by atoms with Crippen LogP contribution < -0.4 is 10.1 Å². The molecule has 1 aliphatic heterocycles. The molecule has 1 fully saturated rings. The number of aliphatic carboxylic acids is 1. The number of rotatable bonds is 22. The molecule has 0 spiro atoms. The lowest BCUT2D eigenvalue weighted by Crippen LogP contribution is -2.55. The highest BCUT2D eigenvalue weighted by molar-refractivity contribution is 8.76. The zero-order valence-corrected chi connectivity index (χ0v) is 32.8. The number of carbonyl (C=O) groups is 5. The fraction of sp³-hybridized carbons (Fsp3) is 0.553. The second kappa shape index (κ2) is 21.0. The zero-order valence-electron chi connectivity index (χ0n) is 31.2. The van der Waals surface area contributed by atoms with E-state index < -0.39 is 102 Å². The molecule has 308 valence electrons. The van der Waals surface area contributed by atoms with Gasteiger partial charge in [0.2, 0.25) is 5.78 Å². The van der Waals surface area contributed by atoms with E-state index in [-0.39, 0.29) is 48.5 Å². The minimum Gasteiger partial charge on any atom is -0.507 e. The Morgan fingerprint density at radius 1 is 0.982 bits per heavy atom. The van der Waals surface area contributed by atoms with E-state index in [4.69, 9.17) is 24.1 Å². The van der Waals surface area contributed by atoms with E-state index in [1.165, 1.54) is 25.3 Å². The number of phenolic OH excluding ortho intramolecular Hbond substituents is 2. The Labute approximate surface area is 331 Å². The second-order valence-corrected chi connectivity index (χ2v) is 16.2. The molecule has 5 atom stereocenters. The van der Waals surface area contributed by atoms with Crippen molar-refractivity contribution in [3.05, 3.63) is 52.1 Å². The number of phenols is 2. The van der Waals surface area contributed by atoms with Gasteiger partial charge in [0.15, 0.2) is 17.9 Å². The summed E-state index contributed by atoms with van der Waals surface area (Å²) in [5.41, 5.74) is -3.75. The highest BCUT2D eigenvalue weighted by atomic mass is 33.1. The average Bonchev–Trinajstić information content (AvgIpc) is 3.16. The van der Waals surface area contributed by atoms with Crippen molar-refractivity contribution >= 4 is 51.0 Å². The van der Waals surface area contributed by atoms with Crippen LogP contribution in [-0.2, 0) is 30.2 Å². The number of ether oxygens (including phenoxy) is 4. The number of nitrogens with one attached hydrogen (secondary N) is 1. The molecule has 2 aromatic rings. The highest BCUT2D eigenvalue weighted by Crippen LogP contribution is 2.43. The number of unbranched alkanes of at least 4 members (excludes halogenated alkanes) is 4. The first kappa shape index (κ1) is 44.8. The Bertz CT molecular complexity index is 1740.